The lowest BCUT2D eigenvalue weighted by atomic mass is 9.91. The van der Waals surface area contributed by atoms with Gasteiger partial charge >= 0.3 is 17.9 Å². The molecule has 0 amide bonds. The number of H-pyrrole nitrogens is 1. The number of ether oxygens (including phenoxy) is 3. The van der Waals surface area contributed by atoms with E-state index in [1.165, 1.54) is 6.92 Å². The lowest BCUT2D eigenvalue weighted by molar-refractivity contribution is -0.173. The molecule has 1 saturated carbocycles. The van der Waals surface area contributed by atoms with Crippen LogP contribution in [0.1, 0.15) is 58.6 Å². The van der Waals surface area contributed by atoms with Crippen molar-refractivity contribution in [1.82, 2.24) is 4.98 Å². The maximum absolute atomic E-state index is 12.9. The maximum Gasteiger partial charge on any atom is 0.348 e. The van der Waals surface area contributed by atoms with Gasteiger partial charge in [0.15, 0.2) is 0 Å². The van der Waals surface area contributed by atoms with Crippen LogP contribution in [0.15, 0.2) is 23.3 Å². The van der Waals surface area contributed by atoms with E-state index in [1.807, 2.05) is 0 Å². The van der Waals surface area contributed by atoms with E-state index in [2.05, 4.69) is 4.98 Å². The summed E-state index contributed by atoms with van der Waals surface area (Å²) >= 11 is 0. The Balaban J connectivity index is 2.53. The molecule has 0 aromatic carbocycles. The second kappa shape index (κ2) is 11.4. The Morgan fingerprint density at radius 1 is 1.10 bits per heavy atom. The molecule has 2 rings (SSSR count). The second-order valence-corrected chi connectivity index (χ2v) is 6.90. The van der Waals surface area contributed by atoms with Crippen LogP contribution in [0.3, 0.4) is 0 Å². The Bertz CT molecular complexity index is 707. The number of aromatic nitrogens is 1. The van der Waals surface area contributed by atoms with Gasteiger partial charge in [0.25, 0.3) is 0 Å². The van der Waals surface area contributed by atoms with E-state index in [-0.39, 0.29) is 19.3 Å². The van der Waals surface area contributed by atoms with Crippen LogP contribution < -0.4 is 0 Å². The van der Waals surface area contributed by atoms with E-state index in [0.29, 0.717) is 11.4 Å². The molecule has 1 aliphatic carbocycles. The van der Waals surface area contributed by atoms with E-state index in [9.17, 15) is 14.4 Å². The number of nitrogens with zero attached hydrogens (tertiary/aromatic N) is 1. The number of esters is 3. The molecular weight excluding hydrogens is 376 g/mol. The predicted molar refractivity (Wildman–Crippen MR) is 107 cm³/mol. The van der Waals surface area contributed by atoms with Crippen molar-refractivity contribution < 1.29 is 28.6 Å². The molecule has 29 heavy (non-hydrogen) atoms. The Morgan fingerprint density at radius 3 is 2.31 bits per heavy atom. The van der Waals surface area contributed by atoms with Gasteiger partial charge < -0.3 is 19.2 Å². The number of hydrogen-bond acceptors (Lipinski definition) is 7. The third-order valence-electron chi connectivity index (χ3n) is 4.72. The number of hydrogen-bond donors (Lipinski definition) is 1. The predicted octanol–water partition coefficient (Wildman–Crippen LogP) is 2.81. The highest BCUT2D eigenvalue weighted by Crippen LogP contribution is 2.25. The van der Waals surface area contributed by atoms with Gasteiger partial charge in [-0.15, -0.1) is 0 Å². The number of aromatic amines is 1. The number of nitrogens with one attached hydrogen (secondary N) is 1. The Hall–Kier alpha value is -2.64. The van der Waals surface area contributed by atoms with Gasteiger partial charge in [0.1, 0.15) is 5.92 Å². The number of aliphatic imine (C=N–C) groups is 1. The minimum absolute atomic E-state index is 0.0270. The molecule has 160 valence electrons. The average Bonchev–Trinajstić information content (AvgIpc) is 3.22. The Labute approximate surface area is 171 Å². The molecule has 0 bridgehead atoms. The summed E-state index contributed by atoms with van der Waals surface area (Å²) in [7, 11) is 0. The van der Waals surface area contributed by atoms with E-state index in [0.717, 1.165) is 32.1 Å². The largest absolute Gasteiger partial charge is 0.465 e. The molecule has 1 heterocycles. The highest BCUT2D eigenvalue weighted by atomic mass is 16.6. The molecule has 1 aromatic rings. The van der Waals surface area contributed by atoms with Crippen LogP contribution in [0.4, 0.5) is 0 Å². The van der Waals surface area contributed by atoms with Crippen LogP contribution in [0.2, 0.25) is 0 Å². The van der Waals surface area contributed by atoms with Gasteiger partial charge in [-0.05, 0) is 38.8 Å². The monoisotopic (exact) mass is 406 g/mol. The Morgan fingerprint density at radius 2 is 1.76 bits per heavy atom. The summed E-state index contributed by atoms with van der Waals surface area (Å²) in [6.45, 7) is 4.70. The summed E-state index contributed by atoms with van der Waals surface area (Å²) in [5, 5.41) is 0. The van der Waals surface area contributed by atoms with Gasteiger partial charge in [0, 0.05) is 13.1 Å². The van der Waals surface area contributed by atoms with E-state index < -0.39 is 29.9 Å². The van der Waals surface area contributed by atoms with Gasteiger partial charge in [-0.3, -0.25) is 14.6 Å². The first kappa shape index (κ1) is 22.6. The molecule has 2 atom stereocenters. The zero-order valence-electron chi connectivity index (χ0n) is 17.3. The van der Waals surface area contributed by atoms with E-state index >= 15 is 0 Å². The van der Waals surface area contributed by atoms with Crippen LogP contribution in [-0.2, 0) is 28.6 Å². The van der Waals surface area contributed by atoms with Crippen molar-refractivity contribution in [1.29, 1.82) is 0 Å². The molecule has 1 fully saturated rings. The van der Waals surface area contributed by atoms with Gasteiger partial charge in [0.05, 0.1) is 30.7 Å². The van der Waals surface area contributed by atoms with Crippen LogP contribution in [-0.4, -0.2) is 54.0 Å². The van der Waals surface area contributed by atoms with Crippen molar-refractivity contribution in [2.24, 2.45) is 10.9 Å². The van der Waals surface area contributed by atoms with Crippen LogP contribution in [0.5, 0.6) is 0 Å². The minimum atomic E-state index is -1.47. The van der Waals surface area contributed by atoms with Crippen LogP contribution >= 0.6 is 0 Å². The molecule has 2 unspecified atom stereocenters. The minimum Gasteiger partial charge on any atom is -0.465 e. The zero-order valence-corrected chi connectivity index (χ0v) is 17.3. The Kier molecular flexibility index (Phi) is 8.89. The van der Waals surface area contributed by atoms with Gasteiger partial charge in [-0.1, -0.05) is 19.3 Å². The highest BCUT2D eigenvalue weighted by Gasteiger charge is 2.43. The van der Waals surface area contributed by atoms with Crippen LogP contribution in [0, 0.1) is 5.92 Å². The first-order valence-corrected chi connectivity index (χ1v) is 10.2. The fourth-order valence-electron chi connectivity index (χ4n) is 3.48. The number of carbonyl (C=O) groups is 3. The molecular formula is C21H30N2O6. The summed E-state index contributed by atoms with van der Waals surface area (Å²) in [5.41, 5.74) is 0.926. The first-order chi connectivity index (χ1) is 14.0. The summed E-state index contributed by atoms with van der Waals surface area (Å²) < 4.78 is 15.6. The standard InChI is InChI=1S/C21H30N2O6/c1-4-27-20(25)17(19(29-14(3)24)21(26)28-5-2)18(16-12-9-13-22-16)23-15-10-7-6-8-11-15/h9,12-13,15,17,19,22H,4-8,10-11H2,1-3H3. The fourth-order valence-corrected chi connectivity index (χ4v) is 3.48. The summed E-state index contributed by atoms with van der Waals surface area (Å²) in [5.74, 6) is -3.40. The van der Waals surface area contributed by atoms with E-state index in [1.54, 1.807) is 32.2 Å². The lowest BCUT2D eigenvalue weighted by Crippen LogP contribution is -2.45. The summed E-state index contributed by atoms with van der Waals surface area (Å²) in [4.78, 5) is 45.2. The second-order valence-electron chi connectivity index (χ2n) is 6.90. The summed E-state index contributed by atoms with van der Waals surface area (Å²) in [6.07, 6.45) is 5.30. The zero-order chi connectivity index (χ0) is 21.2. The molecule has 8 nitrogen and oxygen atoms in total. The van der Waals surface area contributed by atoms with Crippen molar-refractivity contribution in [3.8, 4) is 0 Å². The van der Waals surface area contributed by atoms with Crippen molar-refractivity contribution in [3.05, 3.63) is 24.0 Å². The van der Waals surface area contributed by atoms with Crippen molar-refractivity contribution >= 4 is 23.6 Å². The van der Waals surface area contributed by atoms with Gasteiger partial charge in [0.2, 0.25) is 6.10 Å². The molecule has 0 aliphatic heterocycles. The smallest absolute Gasteiger partial charge is 0.348 e. The molecule has 8 heteroatoms. The lowest BCUT2D eigenvalue weighted by Gasteiger charge is -2.27. The topological polar surface area (TPSA) is 107 Å². The van der Waals surface area contributed by atoms with Crippen molar-refractivity contribution in [3.63, 3.8) is 0 Å². The van der Waals surface area contributed by atoms with E-state index in [4.69, 9.17) is 19.2 Å². The molecule has 1 aliphatic rings. The third-order valence-corrected chi connectivity index (χ3v) is 4.72. The first-order valence-electron chi connectivity index (χ1n) is 10.2. The molecule has 0 radical (unpaired) electrons. The third kappa shape index (κ3) is 6.44. The number of carbonyl (C=O) groups excluding carboxylic acids is 3. The van der Waals surface area contributed by atoms with Gasteiger partial charge in [-0.25, -0.2) is 4.79 Å². The van der Waals surface area contributed by atoms with Gasteiger partial charge in [-0.2, -0.15) is 0 Å². The average molecular weight is 406 g/mol. The number of rotatable bonds is 9. The molecule has 0 spiro atoms. The normalized spacial score (nSPS) is 17.3. The molecule has 0 saturated heterocycles. The maximum atomic E-state index is 12.9. The molecule has 1 aromatic heterocycles. The molecule has 1 N–H and O–H groups in total. The highest BCUT2D eigenvalue weighted by molar-refractivity contribution is 6.13. The van der Waals surface area contributed by atoms with Crippen molar-refractivity contribution in [2.45, 2.75) is 65.0 Å². The van der Waals surface area contributed by atoms with Crippen molar-refractivity contribution in [2.75, 3.05) is 13.2 Å². The fraction of sp³-hybridized carbons (Fsp3) is 0.619. The SMILES string of the molecule is CCOC(=O)C(OC(C)=O)C(C(=O)OCC)C(=NC1CCCCC1)c1ccc[nH]1. The quantitative estimate of drug-likeness (QED) is 0.384. The summed E-state index contributed by atoms with van der Waals surface area (Å²) in [6, 6.07) is 3.57. The van der Waals surface area contributed by atoms with Crippen LogP contribution in [0.25, 0.3) is 0 Å².